The molecule has 0 atom stereocenters. The van der Waals surface area contributed by atoms with Crippen LogP contribution in [0.2, 0.25) is 0 Å². The van der Waals surface area contributed by atoms with Gasteiger partial charge in [0.25, 0.3) is 5.91 Å². The normalized spacial score (nSPS) is 10.2. The zero-order valence-electron chi connectivity index (χ0n) is 14.7. The molecule has 2 N–H and O–H groups in total. The van der Waals surface area contributed by atoms with Gasteiger partial charge in [0, 0.05) is 18.9 Å². The van der Waals surface area contributed by atoms with Gasteiger partial charge >= 0.3 is 0 Å². The first-order chi connectivity index (χ1) is 12.7. The van der Waals surface area contributed by atoms with E-state index in [0.29, 0.717) is 29.5 Å². The maximum atomic E-state index is 12.4. The molecule has 0 fully saturated rings. The molecule has 3 aromatic rings. The highest BCUT2D eigenvalue weighted by Crippen LogP contribution is 2.23. The van der Waals surface area contributed by atoms with E-state index < -0.39 is 0 Å². The Hall–Kier alpha value is -3.41. The number of aromatic nitrogens is 2. The van der Waals surface area contributed by atoms with Gasteiger partial charge in [-0.15, -0.1) is 0 Å². The zero-order valence-corrected chi connectivity index (χ0v) is 14.7. The Morgan fingerprint density at radius 2 is 1.73 bits per heavy atom. The minimum atomic E-state index is -0.292. The van der Waals surface area contributed by atoms with Crippen molar-refractivity contribution in [3.05, 3.63) is 77.6 Å². The second kappa shape index (κ2) is 8.11. The molecule has 0 saturated carbocycles. The van der Waals surface area contributed by atoms with E-state index in [4.69, 9.17) is 4.74 Å². The molecule has 132 valence electrons. The molecule has 0 saturated heterocycles. The smallest absolute Gasteiger partial charge is 0.258 e. The van der Waals surface area contributed by atoms with Crippen LogP contribution in [0.25, 0.3) is 0 Å². The second-order valence-corrected chi connectivity index (χ2v) is 5.73. The summed E-state index contributed by atoms with van der Waals surface area (Å²) in [6, 6.07) is 15.3. The Morgan fingerprint density at radius 3 is 2.46 bits per heavy atom. The summed E-state index contributed by atoms with van der Waals surface area (Å²) in [6.07, 6.45) is 3.00. The van der Waals surface area contributed by atoms with E-state index in [1.165, 1.54) is 23.5 Å². The molecule has 0 radical (unpaired) electrons. The van der Waals surface area contributed by atoms with Crippen molar-refractivity contribution in [2.45, 2.75) is 13.5 Å². The SMILES string of the molecule is COc1ccccc1NC(=O)c1cnc(NCc2ccccc2C)nc1. The minimum Gasteiger partial charge on any atom is -0.495 e. The number of nitrogens with zero attached hydrogens (tertiary/aromatic N) is 2. The third kappa shape index (κ3) is 4.16. The Labute approximate surface area is 152 Å². The van der Waals surface area contributed by atoms with Crippen molar-refractivity contribution < 1.29 is 9.53 Å². The first kappa shape index (κ1) is 17.4. The van der Waals surface area contributed by atoms with Gasteiger partial charge < -0.3 is 15.4 Å². The number of benzene rings is 2. The highest BCUT2D eigenvalue weighted by Gasteiger charge is 2.10. The highest BCUT2D eigenvalue weighted by molar-refractivity contribution is 6.04. The first-order valence-electron chi connectivity index (χ1n) is 8.22. The third-order valence-corrected chi connectivity index (χ3v) is 3.97. The molecule has 0 unspecified atom stereocenters. The molecule has 1 aromatic heterocycles. The molecule has 0 spiro atoms. The Balaban J connectivity index is 1.63. The molecule has 1 amide bonds. The number of ether oxygens (including phenoxy) is 1. The summed E-state index contributed by atoms with van der Waals surface area (Å²) in [5.74, 6) is 0.778. The van der Waals surface area contributed by atoms with Crippen molar-refractivity contribution in [1.82, 2.24) is 9.97 Å². The van der Waals surface area contributed by atoms with Gasteiger partial charge in [-0.1, -0.05) is 36.4 Å². The fourth-order valence-electron chi connectivity index (χ4n) is 2.46. The summed E-state index contributed by atoms with van der Waals surface area (Å²) >= 11 is 0. The van der Waals surface area contributed by atoms with Crippen LogP contribution < -0.4 is 15.4 Å². The number of hydrogen-bond donors (Lipinski definition) is 2. The van der Waals surface area contributed by atoms with Gasteiger partial charge in [-0.2, -0.15) is 0 Å². The van der Waals surface area contributed by atoms with E-state index in [1.54, 1.807) is 19.2 Å². The monoisotopic (exact) mass is 348 g/mol. The van der Waals surface area contributed by atoms with Gasteiger partial charge in [-0.3, -0.25) is 4.79 Å². The minimum absolute atomic E-state index is 0.292. The molecule has 0 aliphatic rings. The third-order valence-electron chi connectivity index (χ3n) is 3.97. The van der Waals surface area contributed by atoms with Crippen LogP contribution >= 0.6 is 0 Å². The van der Waals surface area contributed by atoms with E-state index in [0.717, 1.165) is 0 Å². The van der Waals surface area contributed by atoms with Gasteiger partial charge in [0.15, 0.2) is 0 Å². The fraction of sp³-hybridized carbons (Fsp3) is 0.150. The van der Waals surface area contributed by atoms with Crippen molar-refractivity contribution in [1.29, 1.82) is 0 Å². The number of methoxy groups -OCH3 is 1. The summed E-state index contributed by atoms with van der Waals surface area (Å²) in [5, 5.41) is 5.96. The Morgan fingerprint density at radius 1 is 1.04 bits per heavy atom. The van der Waals surface area contributed by atoms with Gasteiger partial charge in [0.1, 0.15) is 5.75 Å². The standard InChI is InChI=1S/C20H20N4O2/c1-14-7-3-4-8-15(14)11-21-20-22-12-16(13-23-20)19(25)24-17-9-5-6-10-18(17)26-2/h3-10,12-13H,11H2,1-2H3,(H,24,25)(H,21,22,23). The van der Waals surface area contributed by atoms with Gasteiger partial charge in [0.05, 0.1) is 18.4 Å². The van der Waals surface area contributed by atoms with Crippen molar-refractivity contribution >= 4 is 17.5 Å². The van der Waals surface area contributed by atoms with Gasteiger partial charge in [-0.25, -0.2) is 9.97 Å². The Kier molecular flexibility index (Phi) is 5.43. The lowest BCUT2D eigenvalue weighted by Gasteiger charge is -2.10. The van der Waals surface area contributed by atoms with Crippen LogP contribution in [-0.2, 0) is 6.54 Å². The molecule has 26 heavy (non-hydrogen) atoms. The number of anilines is 2. The number of hydrogen-bond acceptors (Lipinski definition) is 5. The first-order valence-corrected chi connectivity index (χ1v) is 8.22. The predicted molar refractivity (Wildman–Crippen MR) is 101 cm³/mol. The van der Waals surface area contributed by atoms with E-state index in [2.05, 4.69) is 39.7 Å². The van der Waals surface area contributed by atoms with Crippen LogP contribution in [-0.4, -0.2) is 23.0 Å². The Bertz CT molecular complexity index is 894. The molecule has 0 aliphatic carbocycles. The van der Waals surface area contributed by atoms with E-state index in [9.17, 15) is 4.79 Å². The topological polar surface area (TPSA) is 76.1 Å². The van der Waals surface area contributed by atoms with Crippen molar-refractivity contribution in [3.63, 3.8) is 0 Å². The lowest BCUT2D eigenvalue weighted by atomic mass is 10.1. The molecule has 0 bridgehead atoms. The molecule has 6 nitrogen and oxygen atoms in total. The average Bonchev–Trinajstić information content (AvgIpc) is 2.68. The quantitative estimate of drug-likeness (QED) is 0.711. The molecule has 1 heterocycles. The number of carbonyl (C=O) groups excluding carboxylic acids is 1. The predicted octanol–water partition coefficient (Wildman–Crippen LogP) is 3.66. The summed E-state index contributed by atoms with van der Waals surface area (Å²) in [6.45, 7) is 2.68. The van der Waals surface area contributed by atoms with Crippen molar-refractivity contribution in [2.24, 2.45) is 0 Å². The fourth-order valence-corrected chi connectivity index (χ4v) is 2.46. The summed E-state index contributed by atoms with van der Waals surface area (Å²) < 4.78 is 5.23. The van der Waals surface area contributed by atoms with Crippen molar-refractivity contribution in [3.8, 4) is 5.75 Å². The lowest BCUT2D eigenvalue weighted by molar-refractivity contribution is 0.102. The van der Waals surface area contributed by atoms with Gasteiger partial charge in [-0.05, 0) is 30.2 Å². The summed E-state index contributed by atoms with van der Waals surface area (Å²) in [5.41, 5.74) is 3.35. The molecule has 3 rings (SSSR count). The van der Waals surface area contributed by atoms with Crippen LogP contribution in [0.1, 0.15) is 21.5 Å². The molecular formula is C20H20N4O2. The van der Waals surface area contributed by atoms with E-state index >= 15 is 0 Å². The van der Waals surface area contributed by atoms with E-state index in [-0.39, 0.29) is 5.91 Å². The highest BCUT2D eigenvalue weighted by atomic mass is 16.5. The second-order valence-electron chi connectivity index (χ2n) is 5.73. The van der Waals surface area contributed by atoms with Crippen LogP contribution in [0, 0.1) is 6.92 Å². The van der Waals surface area contributed by atoms with Crippen LogP contribution in [0.15, 0.2) is 60.9 Å². The lowest BCUT2D eigenvalue weighted by Crippen LogP contribution is -2.14. The molecule has 6 heteroatoms. The summed E-state index contributed by atoms with van der Waals surface area (Å²) in [4.78, 5) is 20.8. The number of nitrogens with one attached hydrogen (secondary N) is 2. The molecule has 0 aliphatic heterocycles. The number of carbonyl (C=O) groups is 1. The molecule has 2 aromatic carbocycles. The largest absolute Gasteiger partial charge is 0.495 e. The maximum Gasteiger partial charge on any atom is 0.258 e. The zero-order chi connectivity index (χ0) is 18.4. The van der Waals surface area contributed by atoms with E-state index in [1.807, 2.05) is 24.3 Å². The van der Waals surface area contributed by atoms with Crippen molar-refractivity contribution in [2.75, 3.05) is 17.7 Å². The number of aryl methyl sites for hydroxylation is 1. The average molecular weight is 348 g/mol. The van der Waals surface area contributed by atoms with Crippen LogP contribution in [0.4, 0.5) is 11.6 Å². The van der Waals surface area contributed by atoms with Gasteiger partial charge in [0.2, 0.25) is 5.95 Å². The number of para-hydroxylation sites is 2. The van der Waals surface area contributed by atoms with Crippen LogP contribution in [0.5, 0.6) is 5.75 Å². The summed E-state index contributed by atoms with van der Waals surface area (Å²) in [7, 11) is 1.56. The van der Waals surface area contributed by atoms with Crippen LogP contribution in [0.3, 0.4) is 0 Å². The maximum absolute atomic E-state index is 12.4. The number of rotatable bonds is 6. The molecular weight excluding hydrogens is 328 g/mol. The number of amides is 1.